The fourth-order valence-corrected chi connectivity index (χ4v) is 5.66. The first kappa shape index (κ1) is 30.8. The Hall–Kier alpha value is -6.19. The Morgan fingerprint density at radius 3 is 1.26 bits per heavy atom. The average molecular weight is 641 g/mol. The number of ether oxygens (including phenoxy) is 2. The lowest BCUT2D eigenvalue weighted by molar-refractivity contribution is 0.214. The summed E-state index contributed by atoms with van der Waals surface area (Å²) in [5, 5.41) is 25.3. The molecule has 6 rings (SSSR count). The fourth-order valence-electron chi connectivity index (χ4n) is 4.76. The van der Waals surface area contributed by atoms with E-state index in [-0.39, 0.29) is 11.5 Å². The van der Waals surface area contributed by atoms with E-state index < -0.39 is 12.2 Å². The van der Waals surface area contributed by atoms with Crippen molar-refractivity contribution in [2.24, 2.45) is 0 Å². The van der Waals surface area contributed by atoms with Gasteiger partial charge < -0.3 is 19.7 Å². The summed E-state index contributed by atoms with van der Waals surface area (Å²) in [6.07, 6.45) is -1.31. The van der Waals surface area contributed by atoms with E-state index in [9.17, 15) is 19.8 Å². The van der Waals surface area contributed by atoms with Gasteiger partial charge in [-0.15, -0.1) is 0 Å². The van der Waals surface area contributed by atoms with Crippen molar-refractivity contribution in [1.82, 2.24) is 0 Å². The van der Waals surface area contributed by atoms with Crippen molar-refractivity contribution >= 4 is 35.3 Å². The van der Waals surface area contributed by atoms with E-state index in [1.807, 2.05) is 48.5 Å². The Balaban J connectivity index is 1.30. The molecule has 4 N–H and O–H groups in total. The van der Waals surface area contributed by atoms with Gasteiger partial charge in [0, 0.05) is 20.9 Å². The van der Waals surface area contributed by atoms with E-state index in [4.69, 9.17) is 9.47 Å². The summed E-state index contributed by atoms with van der Waals surface area (Å²) in [5.74, 6) is 1.07. The van der Waals surface area contributed by atoms with Gasteiger partial charge in [0.25, 0.3) is 0 Å². The summed E-state index contributed by atoms with van der Waals surface area (Å²) < 4.78 is 11.0. The van der Waals surface area contributed by atoms with Gasteiger partial charge in [0.1, 0.15) is 23.0 Å². The highest BCUT2D eigenvalue weighted by molar-refractivity contribution is 7.99. The third kappa shape index (κ3) is 8.10. The summed E-state index contributed by atoms with van der Waals surface area (Å²) in [4.78, 5) is 27.4. The van der Waals surface area contributed by atoms with Crippen molar-refractivity contribution in [2.75, 3.05) is 10.6 Å². The standard InChI is InChI=1S/C38H28N2O6S/c41-27-15-11-25(12-16-27)33-21-19-31(23-35(33)39-37(43)45-29-7-3-1-4-8-29)47-32-20-22-34(26-13-17-28(42)18-14-26)36(24-32)40-38(44)46-30-9-5-2-6-10-30/h1-24,41-42H,(H,39,43)(H,40,44). The smallest absolute Gasteiger partial charge is 0.417 e. The van der Waals surface area contributed by atoms with Crippen LogP contribution >= 0.6 is 11.8 Å². The molecule has 0 fully saturated rings. The van der Waals surface area contributed by atoms with Gasteiger partial charge in [-0.05, 0) is 83.9 Å². The van der Waals surface area contributed by atoms with Crippen LogP contribution in [0.15, 0.2) is 155 Å². The van der Waals surface area contributed by atoms with Crippen LogP contribution in [0.5, 0.6) is 23.0 Å². The molecule has 0 unspecified atom stereocenters. The number of para-hydroxylation sites is 2. The Morgan fingerprint density at radius 1 is 0.489 bits per heavy atom. The summed E-state index contributed by atoms with van der Waals surface area (Å²) >= 11 is 1.43. The van der Waals surface area contributed by atoms with E-state index in [0.29, 0.717) is 22.9 Å². The molecule has 8 nitrogen and oxygen atoms in total. The first-order chi connectivity index (χ1) is 22.9. The normalized spacial score (nSPS) is 10.6. The van der Waals surface area contributed by atoms with Crippen LogP contribution in [0.25, 0.3) is 22.3 Å². The van der Waals surface area contributed by atoms with Crippen molar-refractivity contribution < 1.29 is 29.3 Å². The maximum Gasteiger partial charge on any atom is 0.417 e. The maximum atomic E-state index is 12.9. The molecule has 6 aromatic rings. The van der Waals surface area contributed by atoms with E-state index in [0.717, 1.165) is 32.0 Å². The van der Waals surface area contributed by atoms with Gasteiger partial charge in [0.15, 0.2) is 0 Å². The van der Waals surface area contributed by atoms with Crippen LogP contribution in [-0.2, 0) is 0 Å². The third-order valence-electron chi connectivity index (χ3n) is 6.96. The Morgan fingerprint density at radius 2 is 0.872 bits per heavy atom. The lowest BCUT2D eigenvalue weighted by atomic mass is 10.0. The molecular formula is C38H28N2O6S. The number of amides is 2. The second kappa shape index (κ2) is 14.3. The first-order valence-corrected chi connectivity index (χ1v) is 15.3. The average Bonchev–Trinajstić information content (AvgIpc) is 3.07. The van der Waals surface area contributed by atoms with Gasteiger partial charge in [-0.2, -0.15) is 0 Å². The molecule has 0 saturated heterocycles. The van der Waals surface area contributed by atoms with Gasteiger partial charge in [0.05, 0.1) is 11.4 Å². The number of carbonyl (C=O) groups is 2. The van der Waals surface area contributed by atoms with Crippen LogP contribution in [-0.4, -0.2) is 22.4 Å². The summed E-state index contributed by atoms with van der Waals surface area (Å²) in [5.41, 5.74) is 4.05. The monoisotopic (exact) mass is 640 g/mol. The Labute approximate surface area is 275 Å². The van der Waals surface area contributed by atoms with Crippen molar-refractivity contribution in [3.8, 4) is 45.3 Å². The number of hydrogen-bond acceptors (Lipinski definition) is 7. The fraction of sp³-hybridized carbons (Fsp3) is 0. The van der Waals surface area contributed by atoms with E-state index in [1.165, 1.54) is 11.8 Å². The summed E-state index contributed by atoms with van der Waals surface area (Å²) in [6, 6.07) is 42.2. The second-order valence-electron chi connectivity index (χ2n) is 10.3. The van der Waals surface area contributed by atoms with Crippen LogP contribution in [0, 0.1) is 0 Å². The predicted molar refractivity (Wildman–Crippen MR) is 183 cm³/mol. The molecule has 0 saturated carbocycles. The molecule has 2 amide bonds. The van der Waals surface area contributed by atoms with E-state index in [1.54, 1.807) is 97.1 Å². The highest BCUT2D eigenvalue weighted by Crippen LogP contribution is 2.39. The SMILES string of the molecule is O=C(Nc1cc(Sc2ccc(-c3ccc(O)cc3)c(NC(=O)Oc3ccccc3)c2)ccc1-c1ccc(O)cc1)Oc1ccccc1. The number of hydrogen-bond donors (Lipinski definition) is 4. The zero-order valence-corrected chi connectivity index (χ0v) is 25.6. The van der Waals surface area contributed by atoms with Gasteiger partial charge in [0.2, 0.25) is 0 Å². The van der Waals surface area contributed by atoms with Gasteiger partial charge in [-0.25, -0.2) is 9.59 Å². The molecular weight excluding hydrogens is 612 g/mol. The molecule has 0 heterocycles. The predicted octanol–water partition coefficient (Wildman–Crippen LogP) is 9.80. The zero-order valence-electron chi connectivity index (χ0n) is 24.8. The number of aromatic hydroxyl groups is 2. The van der Waals surface area contributed by atoms with Crippen molar-refractivity contribution in [3.05, 3.63) is 146 Å². The summed E-state index contributed by atoms with van der Waals surface area (Å²) in [6.45, 7) is 0. The number of carbonyl (C=O) groups excluding carboxylic acids is 2. The quantitative estimate of drug-likeness (QED) is 0.131. The van der Waals surface area contributed by atoms with Crippen LogP contribution < -0.4 is 20.1 Å². The minimum Gasteiger partial charge on any atom is -0.508 e. The molecule has 9 heteroatoms. The zero-order chi connectivity index (χ0) is 32.6. The maximum absolute atomic E-state index is 12.9. The molecule has 0 aliphatic rings. The largest absolute Gasteiger partial charge is 0.508 e. The Kier molecular flexibility index (Phi) is 9.36. The van der Waals surface area contributed by atoms with Gasteiger partial charge in [-0.1, -0.05) is 84.6 Å². The van der Waals surface area contributed by atoms with Crippen molar-refractivity contribution in [3.63, 3.8) is 0 Å². The van der Waals surface area contributed by atoms with Gasteiger partial charge in [-0.3, -0.25) is 10.6 Å². The molecule has 0 aromatic heterocycles. The molecule has 0 aliphatic carbocycles. The van der Waals surface area contributed by atoms with E-state index in [2.05, 4.69) is 10.6 Å². The minimum absolute atomic E-state index is 0.131. The molecule has 0 bridgehead atoms. The second-order valence-corrected chi connectivity index (χ2v) is 11.4. The molecule has 47 heavy (non-hydrogen) atoms. The number of anilines is 2. The highest BCUT2D eigenvalue weighted by atomic mass is 32.2. The first-order valence-electron chi connectivity index (χ1n) is 14.5. The molecule has 6 aromatic carbocycles. The number of phenols is 2. The number of benzene rings is 6. The molecule has 232 valence electrons. The molecule has 0 atom stereocenters. The summed E-state index contributed by atoms with van der Waals surface area (Å²) in [7, 11) is 0. The lowest BCUT2D eigenvalue weighted by Crippen LogP contribution is -2.17. The number of phenolic OH excluding ortho intramolecular Hbond substituents is 2. The van der Waals surface area contributed by atoms with Crippen molar-refractivity contribution in [1.29, 1.82) is 0 Å². The van der Waals surface area contributed by atoms with Crippen LogP contribution in [0.2, 0.25) is 0 Å². The number of nitrogens with one attached hydrogen (secondary N) is 2. The molecule has 0 aliphatic heterocycles. The minimum atomic E-state index is -0.653. The number of rotatable bonds is 8. The lowest BCUT2D eigenvalue weighted by Gasteiger charge is -2.15. The topological polar surface area (TPSA) is 117 Å². The van der Waals surface area contributed by atoms with Crippen LogP contribution in [0.3, 0.4) is 0 Å². The van der Waals surface area contributed by atoms with Crippen molar-refractivity contribution in [2.45, 2.75) is 9.79 Å². The van der Waals surface area contributed by atoms with Crippen LogP contribution in [0.1, 0.15) is 0 Å². The van der Waals surface area contributed by atoms with Crippen LogP contribution in [0.4, 0.5) is 21.0 Å². The molecule has 0 spiro atoms. The third-order valence-corrected chi connectivity index (χ3v) is 7.93. The highest BCUT2D eigenvalue weighted by Gasteiger charge is 2.15. The van der Waals surface area contributed by atoms with Gasteiger partial charge >= 0.3 is 12.2 Å². The Bertz CT molecular complexity index is 1860. The van der Waals surface area contributed by atoms with E-state index >= 15 is 0 Å². The molecule has 0 radical (unpaired) electrons.